The quantitative estimate of drug-likeness (QED) is 0.720. The third kappa shape index (κ3) is 4.38. The van der Waals surface area contributed by atoms with Crippen LogP contribution in [0.25, 0.3) is 0 Å². The minimum atomic E-state index is 0.384. The van der Waals surface area contributed by atoms with Crippen LogP contribution in [0.2, 0.25) is 0 Å². The van der Waals surface area contributed by atoms with Crippen LogP contribution in [0.5, 0.6) is 0 Å². The minimum absolute atomic E-state index is 0.384. The van der Waals surface area contributed by atoms with Gasteiger partial charge in [0.15, 0.2) is 5.75 Å². The lowest BCUT2D eigenvalue weighted by molar-refractivity contribution is -0.113. The highest BCUT2D eigenvalue weighted by atomic mass is 32.2. The second kappa shape index (κ2) is 7.53. The van der Waals surface area contributed by atoms with E-state index in [0.717, 1.165) is 29.9 Å². The molecule has 0 unspecified atom stereocenters. The SMILES string of the molecule is O=C(C[S+]1CCCC1)C1=CC=C(OC2CCCCC2)CC1. The molecule has 2 aliphatic carbocycles. The zero-order valence-corrected chi connectivity index (χ0v) is 13.8. The van der Waals surface area contributed by atoms with Gasteiger partial charge < -0.3 is 4.74 Å². The number of rotatable bonds is 5. The molecule has 0 radical (unpaired) electrons. The molecule has 2 nitrogen and oxygen atoms in total. The Balaban J connectivity index is 1.50. The van der Waals surface area contributed by atoms with Crippen LogP contribution in [-0.2, 0) is 20.4 Å². The Morgan fingerprint density at radius 2 is 1.81 bits per heavy atom. The van der Waals surface area contributed by atoms with Crippen LogP contribution >= 0.6 is 0 Å². The second-order valence-electron chi connectivity index (χ2n) is 6.50. The number of ether oxygens (including phenoxy) is 1. The maximum absolute atomic E-state index is 12.3. The summed E-state index contributed by atoms with van der Waals surface area (Å²) in [6, 6.07) is 0. The summed E-state index contributed by atoms with van der Waals surface area (Å²) >= 11 is 0. The molecule has 0 atom stereocenters. The van der Waals surface area contributed by atoms with Crippen molar-refractivity contribution >= 4 is 16.7 Å². The van der Waals surface area contributed by atoms with E-state index in [4.69, 9.17) is 4.74 Å². The fraction of sp³-hybridized carbons (Fsp3) is 0.722. The van der Waals surface area contributed by atoms with Gasteiger partial charge in [-0.1, -0.05) is 12.5 Å². The summed E-state index contributed by atoms with van der Waals surface area (Å²) in [6.07, 6.45) is 15.4. The van der Waals surface area contributed by atoms with Gasteiger partial charge in [-0.05, 0) is 61.9 Å². The summed E-state index contributed by atoms with van der Waals surface area (Å²) in [5.41, 5.74) is 1.03. The topological polar surface area (TPSA) is 26.3 Å². The number of Topliss-reactive ketones (excluding diaryl/α,β-unsaturated/α-hetero) is 1. The average molecular weight is 307 g/mol. The molecule has 1 aliphatic heterocycles. The van der Waals surface area contributed by atoms with Crippen molar-refractivity contribution in [3.05, 3.63) is 23.5 Å². The molecule has 0 aromatic rings. The summed E-state index contributed by atoms with van der Waals surface area (Å²) in [5.74, 6) is 4.86. The molecule has 116 valence electrons. The Labute approximate surface area is 131 Å². The molecule has 3 heteroatoms. The Morgan fingerprint density at radius 3 is 2.48 bits per heavy atom. The van der Waals surface area contributed by atoms with Crippen molar-refractivity contribution in [3.8, 4) is 0 Å². The number of hydrogen-bond donors (Lipinski definition) is 0. The van der Waals surface area contributed by atoms with Gasteiger partial charge in [-0.2, -0.15) is 0 Å². The van der Waals surface area contributed by atoms with Crippen molar-refractivity contribution in [1.82, 2.24) is 0 Å². The minimum Gasteiger partial charge on any atom is -0.495 e. The smallest absolute Gasteiger partial charge is 0.207 e. The Kier molecular flexibility index (Phi) is 5.45. The first-order chi connectivity index (χ1) is 10.3. The van der Waals surface area contributed by atoms with Crippen molar-refractivity contribution in [3.63, 3.8) is 0 Å². The van der Waals surface area contributed by atoms with Crippen LogP contribution in [0.4, 0.5) is 0 Å². The number of hydrogen-bond acceptors (Lipinski definition) is 2. The predicted octanol–water partition coefficient (Wildman–Crippen LogP) is 3.92. The largest absolute Gasteiger partial charge is 0.495 e. The van der Waals surface area contributed by atoms with Crippen LogP contribution in [0.3, 0.4) is 0 Å². The van der Waals surface area contributed by atoms with Crippen molar-refractivity contribution in [1.29, 1.82) is 0 Å². The van der Waals surface area contributed by atoms with E-state index >= 15 is 0 Å². The van der Waals surface area contributed by atoms with E-state index in [-0.39, 0.29) is 0 Å². The lowest BCUT2D eigenvalue weighted by Gasteiger charge is -2.25. The lowest BCUT2D eigenvalue weighted by Crippen LogP contribution is -2.21. The summed E-state index contributed by atoms with van der Waals surface area (Å²) in [7, 11) is 0.384. The molecule has 1 saturated heterocycles. The molecule has 21 heavy (non-hydrogen) atoms. The molecule has 2 fully saturated rings. The van der Waals surface area contributed by atoms with Crippen LogP contribution in [-0.4, -0.2) is 29.1 Å². The first kappa shape index (κ1) is 15.2. The zero-order chi connectivity index (χ0) is 14.5. The van der Waals surface area contributed by atoms with Crippen molar-refractivity contribution < 1.29 is 9.53 Å². The third-order valence-electron chi connectivity index (χ3n) is 4.79. The van der Waals surface area contributed by atoms with Gasteiger partial charge in [0.25, 0.3) is 0 Å². The Bertz CT molecular complexity index is 426. The van der Waals surface area contributed by atoms with E-state index in [9.17, 15) is 4.79 Å². The first-order valence-electron chi connectivity index (χ1n) is 8.55. The molecule has 0 bridgehead atoms. The molecule has 1 saturated carbocycles. The predicted molar refractivity (Wildman–Crippen MR) is 89.6 cm³/mol. The monoisotopic (exact) mass is 307 g/mol. The van der Waals surface area contributed by atoms with Crippen molar-refractivity contribution in [2.75, 3.05) is 17.3 Å². The van der Waals surface area contributed by atoms with Gasteiger partial charge >= 0.3 is 0 Å². The van der Waals surface area contributed by atoms with Crippen LogP contribution in [0.1, 0.15) is 57.8 Å². The van der Waals surface area contributed by atoms with Gasteiger partial charge in [0.1, 0.15) is 11.5 Å². The Hall–Kier alpha value is -0.700. The highest BCUT2D eigenvalue weighted by molar-refractivity contribution is 7.97. The molecule has 1 heterocycles. The zero-order valence-electron chi connectivity index (χ0n) is 12.9. The van der Waals surface area contributed by atoms with Gasteiger partial charge in [0.2, 0.25) is 5.78 Å². The van der Waals surface area contributed by atoms with Crippen LogP contribution < -0.4 is 0 Å². The summed E-state index contributed by atoms with van der Waals surface area (Å²) in [4.78, 5) is 12.3. The van der Waals surface area contributed by atoms with Gasteiger partial charge in [-0.3, -0.25) is 4.79 Å². The summed E-state index contributed by atoms with van der Waals surface area (Å²) in [6.45, 7) is 0. The van der Waals surface area contributed by atoms with Gasteiger partial charge in [0, 0.05) is 12.0 Å². The van der Waals surface area contributed by atoms with Gasteiger partial charge in [-0.15, -0.1) is 0 Å². The van der Waals surface area contributed by atoms with Crippen molar-refractivity contribution in [2.24, 2.45) is 0 Å². The molecular weight excluding hydrogens is 280 g/mol. The molecular formula is C18H27O2S+. The van der Waals surface area contributed by atoms with E-state index in [0.29, 0.717) is 22.8 Å². The standard InChI is InChI=1S/C18H27O2S/c19-18(14-21-12-4-5-13-21)15-8-10-17(11-9-15)20-16-6-2-1-3-7-16/h8,10,16H,1-7,9,11-14H2/q+1. The highest BCUT2D eigenvalue weighted by Gasteiger charge is 2.29. The fourth-order valence-electron chi connectivity index (χ4n) is 3.48. The number of carbonyl (C=O) groups is 1. The Morgan fingerprint density at radius 1 is 1.05 bits per heavy atom. The molecule has 3 aliphatic rings. The normalized spacial score (nSPS) is 24.6. The molecule has 0 aromatic heterocycles. The summed E-state index contributed by atoms with van der Waals surface area (Å²) < 4.78 is 6.10. The van der Waals surface area contributed by atoms with Crippen LogP contribution in [0.15, 0.2) is 23.5 Å². The number of ketones is 1. The van der Waals surface area contributed by atoms with Crippen molar-refractivity contribution in [2.45, 2.75) is 63.9 Å². The molecule has 0 spiro atoms. The van der Waals surface area contributed by atoms with Gasteiger partial charge in [-0.25, -0.2) is 0 Å². The molecule has 0 N–H and O–H groups in total. The lowest BCUT2D eigenvalue weighted by atomic mass is 9.97. The second-order valence-corrected chi connectivity index (χ2v) is 8.83. The third-order valence-corrected chi connectivity index (χ3v) is 7.19. The number of carbonyl (C=O) groups excluding carboxylic acids is 1. The van der Waals surface area contributed by atoms with E-state index < -0.39 is 0 Å². The maximum atomic E-state index is 12.3. The number of allylic oxidation sites excluding steroid dienone is 4. The first-order valence-corrected chi connectivity index (χ1v) is 10.3. The molecule has 3 rings (SSSR count). The van der Waals surface area contributed by atoms with E-state index in [1.807, 2.05) is 6.08 Å². The van der Waals surface area contributed by atoms with E-state index in [1.165, 1.54) is 56.5 Å². The van der Waals surface area contributed by atoms with Crippen LogP contribution in [0, 0.1) is 0 Å². The highest BCUT2D eigenvalue weighted by Crippen LogP contribution is 2.27. The van der Waals surface area contributed by atoms with Gasteiger partial charge in [0.05, 0.1) is 11.9 Å². The average Bonchev–Trinajstić information content (AvgIpc) is 3.02. The molecule has 0 aromatic carbocycles. The molecule has 0 amide bonds. The fourth-order valence-corrected chi connectivity index (χ4v) is 5.76. The maximum Gasteiger partial charge on any atom is 0.207 e. The summed E-state index contributed by atoms with van der Waals surface area (Å²) in [5, 5.41) is 0. The van der Waals surface area contributed by atoms with E-state index in [1.54, 1.807) is 0 Å². The van der Waals surface area contributed by atoms with E-state index in [2.05, 4.69) is 6.08 Å².